The van der Waals surface area contributed by atoms with Gasteiger partial charge in [0.25, 0.3) is 0 Å². The van der Waals surface area contributed by atoms with E-state index in [1.165, 1.54) is 12.3 Å². The third-order valence-electron chi connectivity index (χ3n) is 2.44. The summed E-state index contributed by atoms with van der Waals surface area (Å²) in [6, 6.07) is 1.22. The van der Waals surface area contributed by atoms with Crippen LogP contribution in [0.1, 0.15) is 20.3 Å². The maximum absolute atomic E-state index is 13.9. The van der Waals surface area contributed by atoms with Crippen LogP contribution in [0.3, 0.4) is 0 Å². The molecular formula is C12H18ClFN4O. The van der Waals surface area contributed by atoms with E-state index >= 15 is 0 Å². The number of anilines is 1. The molecule has 1 heterocycles. The van der Waals surface area contributed by atoms with Gasteiger partial charge in [0, 0.05) is 25.7 Å². The van der Waals surface area contributed by atoms with Gasteiger partial charge in [-0.3, -0.25) is 0 Å². The Bertz CT molecular complexity index is 453. The maximum atomic E-state index is 13.9. The molecule has 0 aliphatic rings. The second kappa shape index (κ2) is 7.13. The predicted molar refractivity (Wildman–Crippen MR) is 74.3 cm³/mol. The van der Waals surface area contributed by atoms with E-state index in [9.17, 15) is 4.39 Å². The van der Waals surface area contributed by atoms with Gasteiger partial charge in [-0.15, -0.1) is 0 Å². The Morgan fingerprint density at radius 3 is 2.84 bits per heavy atom. The highest BCUT2D eigenvalue weighted by Crippen LogP contribution is 2.20. The molecule has 1 aromatic rings. The van der Waals surface area contributed by atoms with Crippen LogP contribution in [0.4, 0.5) is 10.2 Å². The van der Waals surface area contributed by atoms with Gasteiger partial charge < -0.3 is 15.8 Å². The van der Waals surface area contributed by atoms with Gasteiger partial charge in [-0.25, -0.2) is 9.37 Å². The molecule has 1 rings (SSSR count). The molecule has 0 unspecified atom stereocenters. The average molecular weight is 289 g/mol. The van der Waals surface area contributed by atoms with Crippen molar-refractivity contribution in [2.45, 2.75) is 20.3 Å². The van der Waals surface area contributed by atoms with Crippen molar-refractivity contribution >= 4 is 23.3 Å². The minimum Gasteiger partial charge on any atom is -0.409 e. The molecule has 0 aliphatic carbocycles. The molecule has 0 fully saturated rings. The number of aromatic nitrogens is 1. The van der Waals surface area contributed by atoms with Gasteiger partial charge in [0.1, 0.15) is 5.84 Å². The summed E-state index contributed by atoms with van der Waals surface area (Å²) in [5.41, 5.74) is 5.43. The van der Waals surface area contributed by atoms with Crippen LogP contribution >= 0.6 is 11.6 Å². The molecule has 3 N–H and O–H groups in total. The molecule has 0 radical (unpaired) electrons. The Hall–Kier alpha value is -1.56. The number of rotatable bonds is 6. The Kier molecular flexibility index (Phi) is 5.82. The second-order valence-electron chi connectivity index (χ2n) is 4.64. The Morgan fingerprint density at radius 2 is 2.32 bits per heavy atom. The molecule has 0 saturated heterocycles. The zero-order valence-electron chi connectivity index (χ0n) is 11.0. The first kappa shape index (κ1) is 15.5. The van der Waals surface area contributed by atoms with Crippen LogP contribution < -0.4 is 10.6 Å². The minimum absolute atomic E-state index is 0.100. The van der Waals surface area contributed by atoms with E-state index in [4.69, 9.17) is 22.5 Å². The number of amidine groups is 1. The van der Waals surface area contributed by atoms with Gasteiger partial charge in [-0.1, -0.05) is 30.6 Å². The van der Waals surface area contributed by atoms with Gasteiger partial charge in [-0.05, 0) is 12.0 Å². The van der Waals surface area contributed by atoms with Gasteiger partial charge >= 0.3 is 0 Å². The van der Waals surface area contributed by atoms with E-state index < -0.39 is 5.82 Å². The quantitative estimate of drug-likeness (QED) is 0.365. The molecule has 106 valence electrons. The molecule has 0 amide bonds. The van der Waals surface area contributed by atoms with Crippen molar-refractivity contribution in [1.29, 1.82) is 0 Å². The molecule has 7 heteroatoms. The van der Waals surface area contributed by atoms with Crippen LogP contribution in [0.25, 0.3) is 0 Å². The lowest BCUT2D eigenvalue weighted by atomic mass is 10.2. The molecule has 0 spiro atoms. The summed E-state index contributed by atoms with van der Waals surface area (Å²) >= 11 is 5.68. The van der Waals surface area contributed by atoms with Crippen molar-refractivity contribution in [3.8, 4) is 0 Å². The first-order valence-corrected chi connectivity index (χ1v) is 6.34. The van der Waals surface area contributed by atoms with Crippen molar-refractivity contribution in [3.63, 3.8) is 0 Å². The highest BCUT2D eigenvalue weighted by atomic mass is 35.5. The van der Waals surface area contributed by atoms with E-state index in [2.05, 4.69) is 10.1 Å². The Balaban J connectivity index is 2.89. The number of nitrogens with two attached hydrogens (primary N) is 1. The van der Waals surface area contributed by atoms with E-state index in [1.54, 1.807) is 4.90 Å². The molecular weight excluding hydrogens is 271 g/mol. The molecule has 0 saturated carbocycles. The van der Waals surface area contributed by atoms with Crippen LogP contribution in [-0.2, 0) is 0 Å². The summed E-state index contributed by atoms with van der Waals surface area (Å²) in [5, 5.41) is 11.7. The molecule has 0 atom stereocenters. The van der Waals surface area contributed by atoms with Crippen LogP contribution in [0.5, 0.6) is 0 Å². The van der Waals surface area contributed by atoms with Gasteiger partial charge in [0.15, 0.2) is 11.6 Å². The molecule has 0 bridgehead atoms. The lowest BCUT2D eigenvalue weighted by Crippen LogP contribution is -2.32. The molecule has 1 aromatic heterocycles. The second-order valence-corrected chi connectivity index (χ2v) is 5.08. The highest BCUT2D eigenvalue weighted by Gasteiger charge is 2.15. The fourth-order valence-electron chi connectivity index (χ4n) is 1.66. The lowest BCUT2D eigenvalue weighted by molar-refractivity contribution is 0.317. The smallest absolute Gasteiger partial charge is 0.167 e. The standard InChI is InChI=1S/C12H18ClFN4O/c1-8(2)7-18(4-3-11(15)17-19)12-10(14)5-9(13)6-16-12/h5-6,8,19H,3-4,7H2,1-2H3,(H2,15,17). The number of oxime groups is 1. The minimum atomic E-state index is -0.479. The number of hydrogen-bond acceptors (Lipinski definition) is 4. The van der Waals surface area contributed by atoms with E-state index in [0.717, 1.165) is 0 Å². The molecule has 5 nitrogen and oxygen atoms in total. The topological polar surface area (TPSA) is 74.7 Å². The zero-order chi connectivity index (χ0) is 14.4. The van der Waals surface area contributed by atoms with Gasteiger partial charge in [-0.2, -0.15) is 0 Å². The molecule has 19 heavy (non-hydrogen) atoms. The summed E-state index contributed by atoms with van der Waals surface area (Å²) < 4.78 is 13.9. The Labute approximate surface area is 116 Å². The monoisotopic (exact) mass is 288 g/mol. The zero-order valence-corrected chi connectivity index (χ0v) is 11.7. The highest BCUT2D eigenvalue weighted by molar-refractivity contribution is 6.30. The van der Waals surface area contributed by atoms with Crippen LogP contribution in [0, 0.1) is 11.7 Å². The van der Waals surface area contributed by atoms with Crippen molar-refractivity contribution in [2.75, 3.05) is 18.0 Å². The number of halogens is 2. The predicted octanol–water partition coefficient (Wildman–Crippen LogP) is 2.47. The number of pyridine rings is 1. The fraction of sp³-hybridized carbons (Fsp3) is 0.500. The van der Waals surface area contributed by atoms with E-state index in [0.29, 0.717) is 25.4 Å². The third-order valence-corrected chi connectivity index (χ3v) is 2.65. The molecule has 0 aromatic carbocycles. The lowest BCUT2D eigenvalue weighted by Gasteiger charge is -2.25. The van der Waals surface area contributed by atoms with Crippen LogP contribution in [0.15, 0.2) is 17.4 Å². The summed E-state index contributed by atoms with van der Waals surface area (Å²) in [4.78, 5) is 5.77. The van der Waals surface area contributed by atoms with E-state index in [1.807, 2.05) is 13.8 Å². The van der Waals surface area contributed by atoms with Gasteiger partial charge in [0.05, 0.1) is 5.02 Å². The van der Waals surface area contributed by atoms with Crippen LogP contribution in [-0.4, -0.2) is 29.1 Å². The van der Waals surface area contributed by atoms with Crippen molar-refractivity contribution in [3.05, 3.63) is 23.1 Å². The number of hydrogen-bond donors (Lipinski definition) is 2. The van der Waals surface area contributed by atoms with Gasteiger partial charge in [0.2, 0.25) is 0 Å². The average Bonchev–Trinajstić information content (AvgIpc) is 2.34. The normalized spacial score (nSPS) is 11.9. The first-order chi connectivity index (χ1) is 8.93. The number of nitrogens with zero attached hydrogens (tertiary/aromatic N) is 3. The summed E-state index contributed by atoms with van der Waals surface area (Å²) in [6.07, 6.45) is 1.73. The summed E-state index contributed by atoms with van der Waals surface area (Å²) in [7, 11) is 0. The first-order valence-electron chi connectivity index (χ1n) is 5.96. The van der Waals surface area contributed by atoms with Crippen molar-refractivity contribution < 1.29 is 9.60 Å². The van der Waals surface area contributed by atoms with Crippen LogP contribution in [0.2, 0.25) is 5.02 Å². The van der Waals surface area contributed by atoms with Crippen molar-refractivity contribution in [2.24, 2.45) is 16.8 Å². The summed E-state index contributed by atoms with van der Waals surface area (Å²) in [5.74, 6) is 0.170. The van der Waals surface area contributed by atoms with Crippen molar-refractivity contribution in [1.82, 2.24) is 4.98 Å². The fourth-order valence-corrected chi connectivity index (χ4v) is 1.81. The largest absolute Gasteiger partial charge is 0.409 e. The van der Waals surface area contributed by atoms with E-state index in [-0.39, 0.29) is 16.7 Å². The Morgan fingerprint density at radius 1 is 1.63 bits per heavy atom. The maximum Gasteiger partial charge on any atom is 0.167 e. The third kappa shape index (κ3) is 4.90. The SMILES string of the molecule is CC(C)CN(CCC(N)=NO)c1ncc(Cl)cc1F. The summed E-state index contributed by atoms with van der Waals surface area (Å²) in [6.45, 7) is 5.07. The molecule has 0 aliphatic heterocycles.